The predicted molar refractivity (Wildman–Crippen MR) is 342 cm³/mol. The average Bonchev–Trinajstić information content (AvgIpc) is 1.68. The molecule has 12 rings (SSSR count). The quantitative estimate of drug-likeness (QED) is 0.0727. The third-order valence-corrected chi connectivity index (χ3v) is 17.4. The Morgan fingerprint density at radius 1 is 0.615 bits per heavy atom. The van der Waals surface area contributed by atoms with E-state index in [0.29, 0.717) is 70.2 Å². The zero-order chi connectivity index (χ0) is 65.4. The van der Waals surface area contributed by atoms with E-state index in [1.807, 2.05) is 110 Å². The summed E-state index contributed by atoms with van der Waals surface area (Å²) >= 11 is 5.74. The minimum absolute atomic E-state index is 0.0420. The van der Waals surface area contributed by atoms with Gasteiger partial charge in [0.2, 0.25) is 5.28 Å². The highest BCUT2D eigenvalue weighted by atomic mass is 35.5. The highest BCUT2D eigenvalue weighted by Gasteiger charge is 2.45. The fourth-order valence-electron chi connectivity index (χ4n) is 13.6. The number of hydrogen-bond acceptors (Lipinski definition) is 15. The van der Waals surface area contributed by atoms with E-state index in [0.717, 1.165) is 94.5 Å². The summed E-state index contributed by atoms with van der Waals surface area (Å²) < 4.78 is 73.7. The van der Waals surface area contributed by atoms with Crippen LogP contribution in [0.25, 0.3) is 44.3 Å². The number of piperidine rings is 1. The number of amides is 1. The first kappa shape index (κ1) is 66.2. The van der Waals surface area contributed by atoms with Crippen LogP contribution in [0.4, 0.5) is 28.2 Å². The van der Waals surface area contributed by atoms with Crippen molar-refractivity contribution in [1.82, 2.24) is 63.7 Å². The summed E-state index contributed by atoms with van der Waals surface area (Å²) in [5.74, 6) is 1.37. The number of anilines is 1. The summed E-state index contributed by atoms with van der Waals surface area (Å²) in [5.41, 5.74) is 10.5. The Kier molecular flexibility index (Phi) is 19.8. The summed E-state index contributed by atoms with van der Waals surface area (Å²) in [4.78, 5) is 66.0. The van der Waals surface area contributed by atoms with Gasteiger partial charge in [0.15, 0.2) is 11.6 Å². The first-order valence-corrected chi connectivity index (χ1v) is 31.8. The molecule has 91 heavy (non-hydrogen) atoms. The lowest BCUT2D eigenvalue weighted by atomic mass is 9.74. The van der Waals surface area contributed by atoms with Crippen LogP contribution in [0.3, 0.4) is 0 Å². The standard InChI is InChI=1S/C35H42F2N6O2.C17H25ClN4O2.C16H16F2N4/c1-20(2)43-21(3)41-33-29(36)10-24(11-31(33)43)27-12-25(38-16-30(27)37)13-32-39-14-22(15-40-32)17-42-18-23-8-7-9-26(28(23)19-42)34(44)45-35(4,5)6;1-17(2,3)24-16(23)22-6-4-5-13-10-21(11-14(13)22)9-12-7-19-15(18)20-8-12;1-8(2)22-9(3)21-16-12(17)4-10(5-14(16)22)11-6-15(19)20-7-13(11)18/h10-12,14-16,20,23,26,28H,7-9,13,17-19H2,1-6H3;7-8,13-14H,4-6,9-11H2,1-3H3;4-8H,1-3H3,(H2,19,20)/t23-,26?,28+;13-,14+;/m00./s1. The summed E-state index contributed by atoms with van der Waals surface area (Å²) in [6.07, 6.45) is 14.8. The Bertz CT molecular complexity index is 3920. The lowest BCUT2D eigenvalue weighted by Gasteiger charge is -2.37. The van der Waals surface area contributed by atoms with Gasteiger partial charge >= 0.3 is 12.1 Å². The van der Waals surface area contributed by atoms with Crippen molar-refractivity contribution in [2.24, 2.45) is 23.7 Å². The molecule has 1 aliphatic carbocycles. The topological polar surface area (TPSA) is 201 Å². The summed E-state index contributed by atoms with van der Waals surface area (Å²) in [7, 11) is 0. The van der Waals surface area contributed by atoms with Gasteiger partial charge in [-0.3, -0.25) is 19.6 Å². The number of nitrogens with zero attached hydrogens (tertiary/aromatic N) is 13. The number of carbonyl (C=O) groups is 2. The van der Waals surface area contributed by atoms with E-state index >= 15 is 8.78 Å². The van der Waals surface area contributed by atoms with Gasteiger partial charge in [0.1, 0.15) is 57.2 Å². The number of hydrogen-bond donors (Lipinski definition) is 1. The van der Waals surface area contributed by atoms with Crippen LogP contribution in [-0.4, -0.2) is 126 Å². The van der Waals surface area contributed by atoms with Crippen LogP contribution in [0.2, 0.25) is 5.28 Å². The molecule has 1 unspecified atom stereocenters. The van der Waals surface area contributed by atoms with Gasteiger partial charge in [-0.2, -0.15) is 0 Å². The Morgan fingerprint density at radius 2 is 1.13 bits per heavy atom. The molecule has 0 bridgehead atoms. The van der Waals surface area contributed by atoms with Gasteiger partial charge in [-0.1, -0.05) is 6.42 Å². The molecule has 0 radical (unpaired) electrons. The van der Waals surface area contributed by atoms with Gasteiger partial charge in [0.25, 0.3) is 0 Å². The number of rotatable bonds is 11. The maximum absolute atomic E-state index is 15.1. The van der Waals surface area contributed by atoms with E-state index in [2.05, 4.69) is 49.7 Å². The van der Waals surface area contributed by atoms with Gasteiger partial charge in [-0.05, 0) is 186 Å². The molecule has 3 aliphatic heterocycles. The number of imidazole rings is 2. The second-order valence-corrected chi connectivity index (χ2v) is 27.6. The Balaban J connectivity index is 0.000000166. The fourth-order valence-corrected chi connectivity index (χ4v) is 13.7. The van der Waals surface area contributed by atoms with E-state index in [-0.39, 0.29) is 69.4 Å². The molecule has 0 spiro atoms. The molecule has 2 aromatic carbocycles. The Morgan fingerprint density at radius 3 is 1.69 bits per heavy atom. The number of carbonyl (C=O) groups excluding carboxylic acids is 2. The number of likely N-dealkylation sites (tertiary alicyclic amines) is 3. The average molecular weight is 1270 g/mol. The first-order chi connectivity index (χ1) is 43.1. The molecule has 1 saturated carbocycles. The Labute approximate surface area is 534 Å². The lowest BCUT2D eigenvalue weighted by Crippen LogP contribution is -2.50. The summed E-state index contributed by atoms with van der Waals surface area (Å²) in [5, 5.41) is 0.268. The lowest BCUT2D eigenvalue weighted by molar-refractivity contribution is -0.163. The van der Waals surface area contributed by atoms with Crippen LogP contribution in [0, 0.1) is 60.8 Å². The maximum Gasteiger partial charge on any atom is 0.410 e. The van der Waals surface area contributed by atoms with Crippen LogP contribution < -0.4 is 5.73 Å². The number of aromatic nitrogens is 10. The number of aryl methyl sites for hydroxylation is 2. The smallest absolute Gasteiger partial charge is 0.410 e. The zero-order valence-electron chi connectivity index (χ0n) is 54.1. The predicted octanol–water partition coefficient (Wildman–Crippen LogP) is 13.6. The second kappa shape index (κ2) is 27.3. The van der Waals surface area contributed by atoms with Crippen molar-refractivity contribution < 1.29 is 36.6 Å². The number of benzene rings is 2. The van der Waals surface area contributed by atoms with Crippen molar-refractivity contribution in [2.45, 2.75) is 164 Å². The number of ether oxygens (including phenoxy) is 2. The normalized spacial score (nSPS) is 19.5. The molecule has 23 heteroatoms. The molecule has 18 nitrogen and oxygen atoms in total. The molecule has 1 amide bonds. The molecule has 6 aromatic heterocycles. The van der Waals surface area contributed by atoms with Crippen LogP contribution in [0.1, 0.15) is 148 Å². The highest BCUT2D eigenvalue weighted by molar-refractivity contribution is 6.28. The van der Waals surface area contributed by atoms with Crippen molar-refractivity contribution in [2.75, 3.05) is 38.5 Å². The minimum Gasteiger partial charge on any atom is -0.460 e. The van der Waals surface area contributed by atoms with Gasteiger partial charge in [-0.25, -0.2) is 57.2 Å². The SMILES string of the molecule is CC(C)(C)OC(=O)N1CCC[C@H]2CN(Cc3cnc(Cl)nc3)C[C@H]21.Cc1nc2c(F)cc(-c3cc(Cc4ncc(CN5C[C@@H]6CCCC(C(=O)OC(C)(C)C)[C@@H]6C5)cn4)ncc3F)cc2n1C(C)C.Cc1nc2c(F)cc(-c3cc(N)ncc3F)cc2n1C(C)C. The summed E-state index contributed by atoms with van der Waals surface area (Å²) in [6.45, 7) is 29.1. The van der Waals surface area contributed by atoms with E-state index in [1.165, 1.54) is 24.4 Å². The number of nitrogen functional groups attached to an aromatic ring is 1. The molecule has 9 heterocycles. The number of esters is 1. The third-order valence-electron chi connectivity index (χ3n) is 17.2. The van der Waals surface area contributed by atoms with E-state index in [4.69, 9.17) is 26.8 Å². The monoisotopic (exact) mass is 1270 g/mol. The molecule has 4 aliphatic rings. The van der Waals surface area contributed by atoms with Gasteiger partial charge in [0, 0.05) is 111 Å². The van der Waals surface area contributed by atoms with Crippen LogP contribution in [0.5, 0.6) is 0 Å². The number of nitrogens with two attached hydrogens (primary N) is 1. The molecular weight excluding hydrogens is 1190 g/mol. The van der Waals surface area contributed by atoms with Crippen molar-refractivity contribution in [3.8, 4) is 22.3 Å². The van der Waals surface area contributed by atoms with E-state index in [9.17, 15) is 18.4 Å². The molecule has 2 N–H and O–H groups in total. The molecule has 4 fully saturated rings. The molecule has 8 aromatic rings. The molecule has 5 atom stereocenters. The third kappa shape index (κ3) is 15.6. The summed E-state index contributed by atoms with van der Waals surface area (Å²) in [6, 6.07) is 9.60. The van der Waals surface area contributed by atoms with Crippen molar-refractivity contribution in [1.29, 1.82) is 0 Å². The highest BCUT2D eigenvalue weighted by Crippen LogP contribution is 2.42. The van der Waals surface area contributed by atoms with Crippen LogP contribution in [-0.2, 0) is 33.8 Å². The number of pyridine rings is 2. The van der Waals surface area contributed by atoms with E-state index < -0.39 is 34.5 Å². The van der Waals surface area contributed by atoms with Crippen LogP contribution in [0.15, 0.2) is 73.6 Å². The number of fused-ring (bicyclic) bond motifs is 4. The van der Waals surface area contributed by atoms with Crippen molar-refractivity contribution >= 4 is 51.5 Å². The fraction of sp³-hybridized carbons (Fsp3) is 0.500. The van der Waals surface area contributed by atoms with Crippen LogP contribution >= 0.6 is 11.6 Å². The minimum atomic E-state index is -0.541. The van der Waals surface area contributed by atoms with Gasteiger partial charge in [-0.15, -0.1) is 0 Å². The van der Waals surface area contributed by atoms with Gasteiger partial charge < -0.3 is 29.2 Å². The molecular formula is C68H83ClF4N14O4. The second-order valence-electron chi connectivity index (χ2n) is 27.2. The molecule has 3 saturated heterocycles. The van der Waals surface area contributed by atoms with Gasteiger partial charge in [0.05, 0.1) is 41.8 Å². The van der Waals surface area contributed by atoms with E-state index in [1.54, 1.807) is 30.6 Å². The zero-order valence-corrected chi connectivity index (χ0v) is 54.8. The van der Waals surface area contributed by atoms with Crippen molar-refractivity contribution in [3.63, 3.8) is 0 Å². The Hall–Kier alpha value is -7.69. The maximum atomic E-state index is 15.1. The first-order valence-electron chi connectivity index (χ1n) is 31.4. The largest absolute Gasteiger partial charge is 0.460 e. The molecule has 484 valence electrons. The van der Waals surface area contributed by atoms with Crippen molar-refractivity contribution in [3.05, 3.63) is 136 Å². The number of halogens is 5.